The maximum Gasteiger partial charge on any atom is 0.251 e. The van der Waals surface area contributed by atoms with Crippen molar-refractivity contribution in [3.63, 3.8) is 0 Å². The molecule has 0 saturated carbocycles. The van der Waals surface area contributed by atoms with Crippen LogP contribution in [-0.2, 0) is 0 Å². The number of carbonyl (C=O) groups is 1. The zero-order valence-electron chi connectivity index (χ0n) is 10.4. The lowest BCUT2D eigenvalue weighted by Crippen LogP contribution is -2.29. The highest BCUT2D eigenvalue weighted by Crippen LogP contribution is 2.19. The van der Waals surface area contributed by atoms with Gasteiger partial charge in [-0.05, 0) is 37.5 Å². The van der Waals surface area contributed by atoms with E-state index in [1.807, 2.05) is 6.92 Å². The summed E-state index contributed by atoms with van der Waals surface area (Å²) in [5.74, 6) is 0.000416. The Kier molecular flexibility index (Phi) is 5.93. The SMILES string of the molecule is CC(O)CC(C)CNC(=O)c1cc(Cl)cc(Cl)c1. The number of carbonyl (C=O) groups excluding carboxylic acids is 1. The fourth-order valence-corrected chi connectivity index (χ4v) is 2.25. The van der Waals surface area contributed by atoms with Gasteiger partial charge in [-0.15, -0.1) is 0 Å². The summed E-state index contributed by atoms with van der Waals surface area (Å²) in [5, 5.41) is 12.9. The van der Waals surface area contributed by atoms with Gasteiger partial charge in [0.25, 0.3) is 5.91 Å². The quantitative estimate of drug-likeness (QED) is 0.875. The predicted molar refractivity (Wildman–Crippen MR) is 74.3 cm³/mol. The minimum absolute atomic E-state index is 0.211. The van der Waals surface area contributed by atoms with Gasteiger partial charge < -0.3 is 10.4 Å². The van der Waals surface area contributed by atoms with Crippen molar-refractivity contribution in [1.29, 1.82) is 0 Å². The Bertz CT molecular complexity index is 401. The molecule has 0 spiro atoms. The van der Waals surface area contributed by atoms with Crippen LogP contribution in [0.1, 0.15) is 30.6 Å². The van der Waals surface area contributed by atoms with Crippen molar-refractivity contribution in [1.82, 2.24) is 5.32 Å². The highest BCUT2D eigenvalue weighted by atomic mass is 35.5. The van der Waals surface area contributed by atoms with Crippen molar-refractivity contribution in [3.8, 4) is 0 Å². The molecule has 0 aliphatic heterocycles. The summed E-state index contributed by atoms with van der Waals surface area (Å²) in [5.41, 5.74) is 0.441. The van der Waals surface area contributed by atoms with Gasteiger partial charge in [0.2, 0.25) is 0 Å². The van der Waals surface area contributed by atoms with Gasteiger partial charge in [-0.1, -0.05) is 30.1 Å². The third-order valence-corrected chi connectivity index (χ3v) is 2.92. The van der Waals surface area contributed by atoms with Crippen molar-refractivity contribution in [3.05, 3.63) is 33.8 Å². The van der Waals surface area contributed by atoms with E-state index < -0.39 is 0 Å². The van der Waals surface area contributed by atoms with Crippen molar-refractivity contribution in [2.24, 2.45) is 5.92 Å². The Hall–Kier alpha value is -0.770. The van der Waals surface area contributed by atoms with E-state index in [9.17, 15) is 9.90 Å². The molecule has 100 valence electrons. The van der Waals surface area contributed by atoms with Crippen molar-refractivity contribution in [2.45, 2.75) is 26.4 Å². The first-order chi connectivity index (χ1) is 8.38. The van der Waals surface area contributed by atoms with Crippen LogP contribution in [0, 0.1) is 5.92 Å². The summed E-state index contributed by atoms with van der Waals surface area (Å²) in [6, 6.07) is 4.72. The second-order valence-corrected chi connectivity index (χ2v) is 5.43. The van der Waals surface area contributed by atoms with Gasteiger partial charge in [-0.3, -0.25) is 4.79 Å². The molecule has 2 atom stereocenters. The maximum atomic E-state index is 11.8. The van der Waals surface area contributed by atoms with E-state index >= 15 is 0 Å². The molecule has 0 aromatic heterocycles. The molecule has 1 aromatic rings. The van der Waals surface area contributed by atoms with E-state index in [1.165, 1.54) is 0 Å². The molecule has 0 bridgehead atoms. The number of halogens is 2. The third-order valence-electron chi connectivity index (χ3n) is 2.48. The van der Waals surface area contributed by atoms with Crippen LogP contribution in [-0.4, -0.2) is 23.7 Å². The number of rotatable bonds is 5. The number of benzene rings is 1. The van der Waals surface area contributed by atoms with E-state index in [-0.39, 0.29) is 17.9 Å². The molecule has 0 aliphatic carbocycles. The van der Waals surface area contributed by atoms with Crippen LogP contribution in [0.2, 0.25) is 10.0 Å². The molecule has 1 amide bonds. The third kappa shape index (κ3) is 5.25. The molecule has 0 radical (unpaired) electrons. The number of aliphatic hydroxyl groups is 1. The van der Waals surface area contributed by atoms with E-state index in [4.69, 9.17) is 23.2 Å². The summed E-state index contributed by atoms with van der Waals surface area (Å²) in [4.78, 5) is 11.8. The van der Waals surface area contributed by atoms with E-state index in [1.54, 1.807) is 25.1 Å². The molecule has 2 unspecified atom stereocenters. The number of nitrogens with one attached hydrogen (secondary N) is 1. The second-order valence-electron chi connectivity index (χ2n) is 4.56. The lowest BCUT2D eigenvalue weighted by atomic mass is 10.0. The van der Waals surface area contributed by atoms with Crippen LogP contribution in [0.25, 0.3) is 0 Å². The highest BCUT2D eigenvalue weighted by Gasteiger charge is 2.11. The smallest absolute Gasteiger partial charge is 0.251 e. The standard InChI is InChI=1S/C13H17Cl2NO2/c1-8(3-9(2)17)7-16-13(18)10-4-11(14)6-12(15)5-10/h4-6,8-9,17H,3,7H2,1-2H3,(H,16,18). The first-order valence-electron chi connectivity index (χ1n) is 5.81. The number of hydrogen-bond acceptors (Lipinski definition) is 2. The summed E-state index contributed by atoms with van der Waals surface area (Å²) < 4.78 is 0. The molecular formula is C13H17Cl2NO2. The predicted octanol–water partition coefficient (Wildman–Crippen LogP) is 3.13. The molecular weight excluding hydrogens is 273 g/mol. The maximum absolute atomic E-state index is 11.8. The molecule has 0 aliphatic rings. The average molecular weight is 290 g/mol. The lowest BCUT2D eigenvalue weighted by molar-refractivity contribution is 0.0939. The van der Waals surface area contributed by atoms with E-state index in [2.05, 4.69) is 5.32 Å². The van der Waals surface area contributed by atoms with Crippen LogP contribution in [0.4, 0.5) is 0 Å². The number of amides is 1. The Labute approximate surface area is 117 Å². The topological polar surface area (TPSA) is 49.3 Å². The molecule has 18 heavy (non-hydrogen) atoms. The van der Waals surface area contributed by atoms with Gasteiger partial charge in [-0.25, -0.2) is 0 Å². The minimum atomic E-state index is -0.363. The number of aliphatic hydroxyl groups excluding tert-OH is 1. The monoisotopic (exact) mass is 289 g/mol. The summed E-state index contributed by atoms with van der Waals surface area (Å²) in [7, 11) is 0. The Morgan fingerprint density at radius 1 is 1.28 bits per heavy atom. The van der Waals surface area contributed by atoms with Gasteiger partial charge in [-0.2, -0.15) is 0 Å². The number of hydrogen-bond donors (Lipinski definition) is 2. The van der Waals surface area contributed by atoms with Crippen LogP contribution in [0.3, 0.4) is 0 Å². The normalized spacial score (nSPS) is 14.1. The molecule has 0 fully saturated rings. The van der Waals surface area contributed by atoms with Gasteiger partial charge >= 0.3 is 0 Å². The molecule has 2 N–H and O–H groups in total. The van der Waals surface area contributed by atoms with E-state index in [0.717, 1.165) is 0 Å². The van der Waals surface area contributed by atoms with Crippen molar-refractivity contribution < 1.29 is 9.90 Å². The Morgan fingerprint density at radius 2 is 1.83 bits per heavy atom. The van der Waals surface area contributed by atoms with E-state index in [0.29, 0.717) is 28.6 Å². The lowest BCUT2D eigenvalue weighted by Gasteiger charge is -2.14. The summed E-state index contributed by atoms with van der Waals surface area (Å²) >= 11 is 11.7. The molecule has 3 nitrogen and oxygen atoms in total. The van der Waals surface area contributed by atoms with Crippen LogP contribution < -0.4 is 5.32 Å². The largest absolute Gasteiger partial charge is 0.393 e. The fourth-order valence-electron chi connectivity index (χ4n) is 1.72. The van der Waals surface area contributed by atoms with Crippen molar-refractivity contribution in [2.75, 3.05) is 6.54 Å². The molecule has 1 aromatic carbocycles. The fraction of sp³-hybridized carbons (Fsp3) is 0.462. The Morgan fingerprint density at radius 3 is 2.33 bits per heavy atom. The van der Waals surface area contributed by atoms with Crippen LogP contribution >= 0.6 is 23.2 Å². The van der Waals surface area contributed by atoms with Gasteiger partial charge in [0.1, 0.15) is 0 Å². The second kappa shape index (κ2) is 6.98. The zero-order valence-corrected chi connectivity index (χ0v) is 11.9. The molecule has 0 heterocycles. The average Bonchev–Trinajstić information content (AvgIpc) is 2.23. The zero-order chi connectivity index (χ0) is 13.7. The Balaban J connectivity index is 2.55. The summed E-state index contributed by atoms with van der Waals surface area (Å²) in [6.07, 6.45) is 0.286. The van der Waals surface area contributed by atoms with Gasteiger partial charge in [0, 0.05) is 22.2 Å². The van der Waals surface area contributed by atoms with Crippen LogP contribution in [0.5, 0.6) is 0 Å². The van der Waals surface area contributed by atoms with Gasteiger partial charge in [0.15, 0.2) is 0 Å². The molecule has 0 saturated heterocycles. The summed E-state index contributed by atoms with van der Waals surface area (Å²) in [6.45, 7) is 4.21. The first kappa shape index (κ1) is 15.3. The van der Waals surface area contributed by atoms with Crippen LogP contribution in [0.15, 0.2) is 18.2 Å². The first-order valence-corrected chi connectivity index (χ1v) is 6.56. The minimum Gasteiger partial charge on any atom is -0.393 e. The molecule has 1 rings (SSSR count). The van der Waals surface area contributed by atoms with Gasteiger partial charge in [0.05, 0.1) is 6.10 Å². The molecule has 5 heteroatoms. The van der Waals surface area contributed by atoms with Crippen molar-refractivity contribution >= 4 is 29.1 Å². The highest BCUT2D eigenvalue weighted by molar-refractivity contribution is 6.35.